The van der Waals surface area contributed by atoms with E-state index in [1.807, 2.05) is 6.92 Å². The van der Waals surface area contributed by atoms with Gasteiger partial charge in [0.15, 0.2) is 5.43 Å². The molecule has 2 N–H and O–H groups in total. The fourth-order valence-electron chi connectivity index (χ4n) is 3.66. The average molecular weight is 319 g/mol. The van der Waals surface area contributed by atoms with Crippen LogP contribution in [0.3, 0.4) is 0 Å². The van der Waals surface area contributed by atoms with E-state index in [-0.39, 0.29) is 29.0 Å². The summed E-state index contributed by atoms with van der Waals surface area (Å²) in [4.78, 5) is 30.2. The van der Waals surface area contributed by atoms with Gasteiger partial charge >= 0.3 is 0 Å². The van der Waals surface area contributed by atoms with E-state index in [0.717, 1.165) is 18.8 Å². The summed E-state index contributed by atoms with van der Waals surface area (Å²) >= 11 is 0. The Hall–Kier alpha value is -1.66. The molecular weight excluding hydrogens is 294 g/mol. The molecule has 2 fully saturated rings. The average Bonchev–Trinajstić information content (AvgIpc) is 2.95. The van der Waals surface area contributed by atoms with Crippen LogP contribution in [0.25, 0.3) is 0 Å². The molecule has 2 aliphatic heterocycles. The Balaban J connectivity index is 1.73. The minimum Gasteiger partial charge on any atom is -0.378 e. The molecule has 0 aliphatic carbocycles. The highest BCUT2D eigenvalue weighted by atomic mass is 16.5. The summed E-state index contributed by atoms with van der Waals surface area (Å²) in [6, 6.07) is 1.62. The van der Waals surface area contributed by atoms with Crippen molar-refractivity contribution < 1.29 is 9.53 Å². The van der Waals surface area contributed by atoms with Gasteiger partial charge in [-0.05, 0) is 39.8 Å². The van der Waals surface area contributed by atoms with Crippen LogP contribution < -0.4 is 10.7 Å². The number of likely N-dealkylation sites (tertiary alicyclic amines) is 1. The van der Waals surface area contributed by atoms with Crippen molar-refractivity contribution in [3.8, 4) is 0 Å². The first kappa shape index (κ1) is 16.2. The number of hydrogen-bond donors (Lipinski definition) is 2. The molecule has 2 atom stereocenters. The lowest BCUT2D eigenvalue weighted by atomic mass is 10.0. The number of amides is 1. The van der Waals surface area contributed by atoms with Crippen LogP contribution in [0.1, 0.15) is 41.0 Å². The molecule has 126 valence electrons. The molecule has 1 aromatic rings. The van der Waals surface area contributed by atoms with Crippen molar-refractivity contribution >= 4 is 5.91 Å². The zero-order chi connectivity index (χ0) is 16.4. The molecular formula is C17H25N3O3. The van der Waals surface area contributed by atoms with E-state index < -0.39 is 0 Å². The summed E-state index contributed by atoms with van der Waals surface area (Å²) in [6.07, 6.45) is 3.68. The van der Waals surface area contributed by atoms with E-state index in [9.17, 15) is 9.59 Å². The van der Waals surface area contributed by atoms with Crippen LogP contribution in [0.2, 0.25) is 0 Å². The van der Waals surface area contributed by atoms with E-state index in [1.165, 1.54) is 25.3 Å². The number of ether oxygens (including phenoxy) is 1. The Morgan fingerprint density at radius 2 is 2.00 bits per heavy atom. The highest BCUT2D eigenvalue weighted by molar-refractivity contribution is 5.95. The van der Waals surface area contributed by atoms with E-state index in [2.05, 4.69) is 15.2 Å². The molecule has 0 saturated carbocycles. The third kappa shape index (κ3) is 3.48. The van der Waals surface area contributed by atoms with Gasteiger partial charge in [0.1, 0.15) is 5.56 Å². The minimum atomic E-state index is -0.304. The van der Waals surface area contributed by atoms with Gasteiger partial charge < -0.3 is 15.0 Å². The predicted molar refractivity (Wildman–Crippen MR) is 87.8 cm³/mol. The molecule has 0 unspecified atom stereocenters. The number of aryl methyl sites for hydroxylation is 2. The number of rotatable bonds is 3. The molecule has 6 nitrogen and oxygen atoms in total. The molecule has 1 aromatic heterocycles. The fourth-order valence-corrected chi connectivity index (χ4v) is 3.66. The highest BCUT2D eigenvalue weighted by Crippen LogP contribution is 2.19. The number of pyridine rings is 1. The molecule has 0 radical (unpaired) electrons. The third-order valence-corrected chi connectivity index (χ3v) is 4.81. The van der Waals surface area contributed by atoms with Gasteiger partial charge in [0.2, 0.25) is 0 Å². The Morgan fingerprint density at radius 3 is 2.70 bits per heavy atom. The van der Waals surface area contributed by atoms with Crippen LogP contribution in [0.15, 0.2) is 10.9 Å². The maximum atomic E-state index is 12.6. The largest absolute Gasteiger partial charge is 0.378 e. The minimum absolute atomic E-state index is 0.0549. The summed E-state index contributed by atoms with van der Waals surface area (Å²) in [6.45, 7) is 6.85. The van der Waals surface area contributed by atoms with Crippen molar-refractivity contribution in [3.63, 3.8) is 0 Å². The van der Waals surface area contributed by atoms with Gasteiger partial charge in [0.25, 0.3) is 5.91 Å². The first-order valence-corrected chi connectivity index (χ1v) is 8.39. The number of hydrogen-bond acceptors (Lipinski definition) is 4. The topological polar surface area (TPSA) is 74.4 Å². The normalized spacial score (nSPS) is 25.5. The summed E-state index contributed by atoms with van der Waals surface area (Å²) in [5, 5.41) is 3.02. The van der Waals surface area contributed by atoms with Gasteiger partial charge in [-0.15, -0.1) is 0 Å². The van der Waals surface area contributed by atoms with E-state index in [1.54, 1.807) is 6.92 Å². The maximum absolute atomic E-state index is 12.6. The molecule has 0 aromatic carbocycles. The lowest BCUT2D eigenvalue weighted by Gasteiger charge is -2.34. The Bertz CT molecular complexity index is 634. The summed E-state index contributed by atoms with van der Waals surface area (Å²) < 4.78 is 5.60. The molecule has 6 heteroatoms. The standard InChI is InChI=1S/C17H25N3O3/c1-11-8-15(21)16(12(2)18-11)17(22)19-13-9-23-10-14(13)20-6-4-3-5-7-20/h8,13-14H,3-7,9-10H2,1-2H3,(H,18,21)(H,19,22)/t13-,14-/m0/s1. The predicted octanol–water partition coefficient (Wildman–Crippen LogP) is 0.975. The number of carbonyl (C=O) groups excluding carboxylic acids is 1. The zero-order valence-electron chi connectivity index (χ0n) is 13.9. The molecule has 2 saturated heterocycles. The maximum Gasteiger partial charge on any atom is 0.257 e. The monoisotopic (exact) mass is 319 g/mol. The molecule has 23 heavy (non-hydrogen) atoms. The van der Waals surface area contributed by atoms with Crippen molar-refractivity contribution in [2.75, 3.05) is 26.3 Å². The molecule has 3 heterocycles. The lowest BCUT2D eigenvalue weighted by molar-refractivity contribution is 0.0898. The van der Waals surface area contributed by atoms with Gasteiger partial charge in [0, 0.05) is 17.5 Å². The van der Waals surface area contributed by atoms with Crippen LogP contribution in [0.4, 0.5) is 0 Å². The van der Waals surface area contributed by atoms with Gasteiger partial charge in [-0.3, -0.25) is 14.5 Å². The Kier molecular flexibility index (Phi) is 4.82. The molecule has 3 rings (SSSR count). The first-order chi connectivity index (χ1) is 11.1. The van der Waals surface area contributed by atoms with Crippen molar-refractivity contribution in [1.82, 2.24) is 15.2 Å². The fraction of sp³-hybridized carbons (Fsp3) is 0.647. The molecule has 2 aliphatic rings. The van der Waals surface area contributed by atoms with E-state index in [0.29, 0.717) is 18.9 Å². The van der Waals surface area contributed by atoms with Crippen LogP contribution >= 0.6 is 0 Å². The zero-order valence-corrected chi connectivity index (χ0v) is 13.9. The van der Waals surface area contributed by atoms with E-state index >= 15 is 0 Å². The van der Waals surface area contributed by atoms with Gasteiger partial charge in [-0.1, -0.05) is 6.42 Å². The smallest absolute Gasteiger partial charge is 0.257 e. The molecule has 1 amide bonds. The summed E-state index contributed by atoms with van der Waals surface area (Å²) in [7, 11) is 0. The number of carbonyl (C=O) groups is 1. The lowest BCUT2D eigenvalue weighted by Crippen LogP contribution is -2.53. The number of nitrogens with zero attached hydrogens (tertiary/aromatic N) is 1. The summed E-state index contributed by atoms with van der Waals surface area (Å²) in [5.41, 5.74) is 1.35. The van der Waals surface area contributed by atoms with Crippen LogP contribution in [-0.2, 0) is 4.74 Å². The quantitative estimate of drug-likeness (QED) is 0.871. The second-order valence-corrected chi connectivity index (χ2v) is 6.60. The van der Waals surface area contributed by atoms with E-state index in [4.69, 9.17) is 4.74 Å². The van der Waals surface area contributed by atoms with Gasteiger partial charge in [0.05, 0.1) is 25.3 Å². The van der Waals surface area contributed by atoms with Crippen molar-refractivity contribution in [3.05, 3.63) is 33.2 Å². The van der Waals surface area contributed by atoms with Crippen molar-refractivity contribution in [1.29, 1.82) is 0 Å². The van der Waals surface area contributed by atoms with Crippen molar-refractivity contribution in [2.45, 2.75) is 45.2 Å². The van der Waals surface area contributed by atoms with Crippen LogP contribution in [0.5, 0.6) is 0 Å². The Morgan fingerprint density at radius 1 is 1.26 bits per heavy atom. The summed E-state index contributed by atoms with van der Waals surface area (Å²) in [5.74, 6) is -0.304. The van der Waals surface area contributed by atoms with Crippen LogP contribution in [-0.4, -0.2) is 54.2 Å². The number of nitrogens with one attached hydrogen (secondary N) is 2. The Labute approximate surface area is 136 Å². The second kappa shape index (κ2) is 6.84. The number of H-pyrrole nitrogens is 1. The van der Waals surface area contributed by atoms with Crippen LogP contribution in [0, 0.1) is 13.8 Å². The van der Waals surface area contributed by atoms with Crippen molar-refractivity contribution in [2.24, 2.45) is 0 Å². The number of piperidine rings is 1. The second-order valence-electron chi connectivity index (χ2n) is 6.60. The SMILES string of the molecule is Cc1cc(=O)c(C(=O)N[C@H]2COC[C@@H]2N2CCCCC2)c(C)[nH]1. The number of aromatic nitrogens is 1. The van der Waals surface area contributed by atoms with Gasteiger partial charge in [-0.2, -0.15) is 0 Å². The molecule has 0 spiro atoms. The highest BCUT2D eigenvalue weighted by Gasteiger charge is 2.35. The third-order valence-electron chi connectivity index (χ3n) is 4.81. The van der Waals surface area contributed by atoms with Gasteiger partial charge in [-0.25, -0.2) is 0 Å². The molecule has 0 bridgehead atoms. The first-order valence-electron chi connectivity index (χ1n) is 8.39. The number of aromatic amines is 1.